The molecule has 0 bridgehead atoms. The van der Waals surface area contributed by atoms with Crippen molar-refractivity contribution in [1.82, 2.24) is 4.98 Å². The molecule has 1 heterocycles. The van der Waals surface area contributed by atoms with Gasteiger partial charge in [0.2, 0.25) is 0 Å². The molecule has 1 atom stereocenters. The second-order valence-corrected chi connectivity index (χ2v) is 4.31. The molecule has 0 amide bonds. The highest BCUT2D eigenvalue weighted by Gasteiger charge is 2.04. The summed E-state index contributed by atoms with van der Waals surface area (Å²) in [4.78, 5) is 4.34. The number of pyridine rings is 1. The van der Waals surface area contributed by atoms with Crippen LogP contribution in [0.15, 0.2) is 36.5 Å². The van der Waals surface area contributed by atoms with Gasteiger partial charge in [-0.1, -0.05) is 25.1 Å². The van der Waals surface area contributed by atoms with E-state index in [9.17, 15) is 0 Å². The summed E-state index contributed by atoms with van der Waals surface area (Å²) in [6.07, 6.45) is 3.89. The number of fused-ring (bicyclic) bond motifs is 1. The molecule has 2 nitrogen and oxygen atoms in total. The van der Waals surface area contributed by atoms with E-state index in [-0.39, 0.29) is 6.61 Å². The Morgan fingerprint density at radius 2 is 2.06 bits per heavy atom. The SMILES string of the molecule is CC(CO)CCc1ccnc2ccccc12. The van der Waals surface area contributed by atoms with Crippen LogP contribution in [-0.2, 0) is 6.42 Å². The number of aliphatic hydroxyl groups excluding tert-OH is 1. The summed E-state index contributed by atoms with van der Waals surface area (Å²) in [6, 6.07) is 10.3. The van der Waals surface area contributed by atoms with Crippen molar-refractivity contribution in [2.45, 2.75) is 19.8 Å². The molecular weight excluding hydrogens is 198 g/mol. The molecule has 1 unspecified atom stereocenters. The summed E-state index contributed by atoms with van der Waals surface area (Å²) < 4.78 is 0. The Morgan fingerprint density at radius 3 is 2.88 bits per heavy atom. The highest BCUT2D eigenvalue weighted by atomic mass is 16.3. The number of hydrogen-bond acceptors (Lipinski definition) is 2. The van der Waals surface area contributed by atoms with Crippen LogP contribution in [-0.4, -0.2) is 16.7 Å². The van der Waals surface area contributed by atoms with Crippen molar-refractivity contribution in [1.29, 1.82) is 0 Å². The number of aryl methyl sites for hydroxylation is 1. The van der Waals surface area contributed by atoms with Crippen molar-refractivity contribution in [3.05, 3.63) is 42.1 Å². The zero-order chi connectivity index (χ0) is 11.4. The predicted octanol–water partition coefficient (Wildman–Crippen LogP) is 2.80. The van der Waals surface area contributed by atoms with E-state index in [1.54, 1.807) is 0 Å². The van der Waals surface area contributed by atoms with E-state index in [1.807, 2.05) is 24.4 Å². The van der Waals surface area contributed by atoms with Crippen molar-refractivity contribution in [2.24, 2.45) is 5.92 Å². The van der Waals surface area contributed by atoms with Gasteiger partial charge in [0.15, 0.2) is 0 Å². The Kier molecular flexibility index (Phi) is 3.52. The van der Waals surface area contributed by atoms with Crippen LogP contribution < -0.4 is 0 Å². The van der Waals surface area contributed by atoms with Gasteiger partial charge in [-0.3, -0.25) is 4.98 Å². The van der Waals surface area contributed by atoms with E-state index in [0.29, 0.717) is 5.92 Å². The maximum absolute atomic E-state index is 9.01. The van der Waals surface area contributed by atoms with Gasteiger partial charge in [-0.25, -0.2) is 0 Å². The van der Waals surface area contributed by atoms with Gasteiger partial charge in [0.1, 0.15) is 0 Å². The minimum absolute atomic E-state index is 0.267. The Hall–Kier alpha value is -1.41. The third kappa shape index (κ3) is 2.39. The molecule has 0 fully saturated rings. The van der Waals surface area contributed by atoms with Crippen LogP contribution in [0.1, 0.15) is 18.9 Å². The summed E-state index contributed by atoms with van der Waals surface area (Å²) >= 11 is 0. The third-order valence-corrected chi connectivity index (χ3v) is 2.96. The van der Waals surface area contributed by atoms with E-state index in [2.05, 4.69) is 24.0 Å². The molecule has 0 aliphatic rings. The van der Waals surface area contributed by atoms with Crippen LogP contribution >= 0.6 is 0 Å². The van der Waals surface area contributed by atoms with Crippen LogP contribution in [0.5, 0.6) is 0 Å². The topological polar surface area (TPSA) is 33.1 Å². The first-order valence-corrected chi connectivity index (χ1v) is 5.74. The largest absolute Gasteiger partial charge is 0.396 e. The lowest BCUT2D eigenvalue weighted by molar-refractivity contribution is 0.230. The summed E-state index contributed by atoms with van der Waals surface area (Å²) in [6.45, 7) is 2.34. The summed E-state index contributed by atoms with van der Waals surface area (Å²) in [5.41, 5.74) is 2.38. The molecule has 0 saturated carbocycles. The molecule has 0 aliphatic heterocycles. The fraction of sp³-hybridized carbons (Fsp3) is 0.357. The molecule has 0 saturated heterocycles. The maximum Gasteiger partial charge on any atom is 0.0704 e. The molecular formula is C14H17NO. The van der Waals surface area contributed by atoms with Crippen molar-refractivity contribution in [3.63, 3.8) is 0 Å². The van der Waals surface area contributed by atoms with Crippen LogP contribution in [0.3, 0.4) is 0 Å². The number of benzene rings is 1. The highest BCUT2D eigenvalue weighted by molar-refractivity contribution is 5.81. The van der Waals surface area contributed by atoms with Crippen molar-refractivity contribution >= 4 is 10.9 Å². The number of para-hydroxylation sites is 1. The van der Waals surface area contributed by atoms with Crippen molar-refractivity contribution < 1.29 is 5.11 Å². The van der Waals surface area contributed by atoms with Gasteiger partial charge in [-0.2, -0.15) is 0 Å². The number of rotatable bonds is 4. The molecule has 1 N–H and O–H groups in total. The molecule has 84 valence electrons. The van der Waals surface area contributed by atoms with E-state index in [1.165, 1.54) is 10.9 Å². The summed E-state index contributed by atoms with van der Waals surface area (Å²) in [7, 11) is 0. The Labute approximate surface area is 96.0 Å². The number of aromatic nitrogens is 1. The maximum atomic E-state index is 9.01. The van der Waals surface area contributed by atoms with E-state index >= 15 is 0 Å². The van der Waals surface area contributed by atoms with Crippen LogP contribution in [0.2, 0.25) is 0 Å². The fourth-order valence-electron chi connectivity index (χ4n) is 1.87. The molecule has 0 aliphatic carbocycles. The molecule has 1 aromatic carbocycles. The monoisotopic (exact) mass is 215 g/mol. The standard InChI is InChI=1S/C14H17NO/c1-11(10-16)6-7-12-8-9-15-14-5-3-2-4-13(12)14/h2-5,8-9,11,16H,6-7,10H2,1H3. The quantitative estimate of drug-likeness (QED) is 0.850. The average Bonchev–Trinajstić information content (AvgIpc) is 2.35. The minimum atomic E-state index is 0.267. The van der Waals surface area contributed by atoms with Gasteiger partial charge in [0.05, 0.1) is 5.52 Å². The van der Waals surface area contributed by atoms with Crippen molar-refractivity contribution in [3.8, 4) is 0 Å². The number of hydrogen-bond donors (Lipinski definition) is 1. The summed E-state index contributed by atoms with van der Waals surface area (Å²) in [5.74, 6) is 0.368. The van der Waals surface area contributed by atoms with Crippen LogP contribution in [0.25, 0.3) is 10.9 Å². The lowest BCUT2D eigenvalue weighted by Gasteiger charge is -2.09. The van der Waals surface area contributed by atoms with E-state index in [0.717, 1.165) is 18.4 Å². The summed E-state index contributed by atoms with van der Waals surface area (Å²) in [5, 5.41) is 10.2. The first kappa shape index (κ1) is 11.1. The second kappa shape index (κ2) is 5.08. The van der Waals surface area contributed by atoms with Gasteiger partial charge in [-0.05, 0) is 36.5 Å². The molecule has 2 aromatic rings. The van der Waals surface area contributed by atoms with Gasteiger partial charge < -0.3 is 5.11 Å². The van der Waals surface area contributed by atoms with Gasteiger partial charge in [-0.15, -0.1) is 0 Å². The number of nitrogens with zero attached hydrogens (tertiary/aromatic N) is 1. The Bertz CT molecular complexity index is 462. The number of aliphatic hydroxyl groups is 1. The van der Waals surface area contributed by atoms with Gasteiger partial charge in [0.25, 0.3) is 0 Å². The average molecular weight is 215 g/mol. The zero-order valence-electron chi connectivity index (χ0n) is 9.56. The lowest BCUT2D eigenvalue weighted by Crippen LogP contribution is -2.02. The zero-order valence-corrected chi connectivity index (χ0v) is 9.56. The molecule has 2 rings (SSSR count). The second-order valence-electron chi connectivity index (χ2n) is 4.31. The molecule has 2 heteroatoms. The van der Waals surface area contributed by atoms with E-state index < -0.39 is 0 Å². The molecule has 0 radical (unpaired) electrons. The molecule has 0 spiro atoms. The molecule has 16 heavy (non-hydrogen) atoms. The minimum Gasteiger partial charge on any atom is -0.396 e. The van der Waals surface area contributed by atoms with Crippen molar-refractivity contribution in [2.75, 3.05) is 6.61 Å². The van der Waals surface area contributed by atoms with E-state index in [4.69, 9.17) is 5.11 Å². The molecule has 1 aromatic heterocycles. The normalized spacial score (nSPS) is 12.9. The third-order valence-electron chi connectivity index (χ3n) is 2.96. The lowest BCUT2D eigenvalue weighted by atomic mass is 9.99. The predicted molar refractivity (Wildman–Crippen MR) is 66.3 cm³/mol. The Balaban J connectivity index is 2.23. The first-order chi connectivity index (χ1) is 7.81. The van der Waals surface area contributed by atoms with Gasteiger partial charge in [0, 0.05) is 18.2 Å². The first-order valence-electron chi connectivity index (χ1n) is 5.74. The fourth-order valence-corrected chi connectivity index (χ4v) is 1.87. The van der Waals surface area contributed by atoms with Crippen LogP contribution in [0.4, 0.5) is 0 Å². The highest BCUT2D eigenvalue weighted by Crippen LogP contribution is 2.18. The van der Waals surface area contributed by atoms with Gasteiger partial charge >= 0.3 is 0 Å². The Morgan fingerprint density at radius 1 is 1.25 bits per heavy atom. The van der Waals surface area contributed by atoms with Crippen LogP contribution in [0, 0.1) is 5.92 Å². The smallest absolute Gasteiger partial charge is 0.0704 e.